The zero-order chi connectivity index (χ0) is 14.5. The van der Waals surface area contributed by atoms with E-state index >= 15 is 0 Å². The van der Waals surface area contributed by atoms with Gasteiger partial charge in [-0.15, -0.1) is 0 Å². The Labute approximate surface area is 118 Å². The van der Waals surface area contributed by atoms with E-state index in [1.807, 2.05) is 0 Å². The lowest BCUT2D eigenvalue weighted by Crippen LogP contribution is -2.31. The van der Waals surface area contributed by atoms with Crippen LogP contribution in [0.4, 0.5) is 4.39 Å². The SMILES string of the molecule is CCN1CCC(C(COc2ccccc2F)C(=O)O)C1. The highest BCUT2D eigenvalue weighted by Crippen LogP contribution is 2.26. The van der Waals surface area contributed by atoms with E-state index in [4.69, 9.17) is 4.74 Å². The molecule has 1 saturated heterocycles. The normalized spacial score (nSPS) is 20.8. The van der Waals surface area contributed by atoms with Crippen LogP contribution in [0, 0.1) is 17.7 Å². The maximum Gasteiger partial charge on any atom is 0.310 e. The van der Waals surface area contributed by atoms with Crippen LogP contribution < -0.4 is 4.74 Å². The van der Waals surface area contributed by atoms with Crippen molar-refractivity contribution in [2.45, 2.75) is 13.3 Å². The minimum Gasteiger partial charge on any atom is -0.490 e. The fourth-order valence-electron chi connectivity index (χ4n) is 2.63. The summed E-state index contributed by atoms with van der Waals surface area (Å²) in [5.41, 5.74) is 0. The molecule has 1 aromatic carbocycles. The molecule has 0 spiro atoms. The highest BCUT2D eigenvalue weighted by molar-refractivity contribution is 5.70. The summed E-state index contributed by atoms with van der Waals surface area (Å²) in [6, 6.07) is 6.07. The number of carboxylic acids is 1. The monoisotopic (exact) mass is 281 g/mol. The van der Waals surface area contributed by atoms with Crippen molar-refractivity contribution in [2.75, 3.05) is 26.2 Å². The fourth-order valence-corrected chi connectivity index (χ4v) is 2.63. The van der Waals surface area contributed by atoms with Gasteiger partial charge in [0, 0.05) is 6.54 Å². The smallest absolute Gasteiger partial charge is 0.310 e. The molecule has 5 heteroatoms. The van der Waals surface area contributed by atoms with Gasteiger partial charge in [0.2, 0.25) is 0 Å². The predicted molar refractivity (Wildman–Crippen MR) is 73.2 cm³/mol. The Bertz CT molecular complexity index is 466. The summed E-state index contributed by atoms with van der Waals surface area (Å²) < 4.78 is 18.8. The van der Waals surface area contributed by atoms with Gasteiger partial charge in [-0.3, -0.25) is 4.79 Å². The number of benzene rings is 1. The van der Waals surface area contributed by atoms with Crippen molar-refractivity contribution >= 4 is 5.97 Å². The molecule has 1 N–H and O–H groups in total. The molecule has 0 aliphatic carbocycles. The van der Waals surface area contributed by atoms with Crippen LogP contribution in [0.25, 0.3) is 0 Å². The molecular formula is C15H20FNO3. The first-order valence-corrected chi connectivity index (χ1v) is 6.94. The molecule has 4 nitrogen and oxygen atoms in total. The van der Waals surface area contributed by atoms with Gasteiger partial charge in [-0.1, -0.05) is 19.1 Å². The Morgan fingerprint density at radius 1 is 1.55 bits per heavy atom. The van der Waals surface area contributed by atoms with E-state index in [0.29, 0.717) is 0 Å². The van der Waals surface area contributed by atoms with Crippen molar-refractivity contribution < 1.29 is 19.0 Å². The van der Waals surface area contributed by atoms with E-state index in [9.17, 15) is 14.3 Å². The third kappa shape index (κ3) is 3.48. The number of hydrogen-bond acceptors (Lipinski definition) is 3. The predicted octanol–water partition coefficient (Wildman–Crippen LogP) is 2.25. The molecule has 0 aromatic heterocycles. The highest BCUT2D eigenvalue weighted by Gasteiger charge is 2.34. The summed E-state index contributed by atoms with van der Waals surface area (Å²) in [7, 11) is 0. The topological polar surface area (TPSA) is 49.8 Å². The number of para-hydroxylation sites is 1. The van der Waals surface area contributed by atoms with Crippen LogP contribution >= 0.6 is 0 Å². The highest BCUT2D eigenvalue weighted by atomic mass is 19.1. The van der Waals surface area contributed by atoms with Gasteiger partial charge in [0.15, 0.2) is 11.6 Å². The van der Waals surface area contributed by atoms with Gasteiger partial charge in [-0.05, 0) is 37.6 Å². The maximum atomic E-state index is 13.5. The zero-order valence-electron chi connectivity index (χ0n) is 11.6. The molecule has 20 heavy (non-hydrogen) atoms. The lowest BCUT2D eigenvalue weighted by Gasteiger charge is -2.20. The van der Waals surface area contributed by atoms with Gasteiger partial charge in [-0.2, -0.15) is 0 Å². The number of rotatable bonds is 6. The van der Waals surface area contributed by atoms with E-state index in [1.165, 1.54) is 12.1 Å². The summed E-state index contributed by atoms with van der Waals surface area (Å²) in [5, 5.41) is 9.35. The molecule has 2 unspecified atom stereocenters. The third-order valence-corrected chi connectivity index (χ3v) is 3.90. The first-order chi connectivity index (χ1) is 9.61. The van der Waals surface area contributed by atoms with Crippen molar-refractivity contribution in [1.29, 1.82) is 0 Å². The number of aliphatic carboxylic acids is 1. The Balaban J connectivity index is 1.97. The first kappa shape index (κ1) is 14.8. The lowest BCUT2D eigenvalue weighted by atomic mass is 9.92. The van der Waals surface area contributed by atoms with Crippen molar-refractivity contribution in [3.8, 4) is 5.75 Å². The molecule has 1 fully saturated rings. The second kappa shape index (κ2) is 6.70. The number of likely N-dealkylation sites (tertiary alicyclic amines) is 1. The van der Waals surface area contributed by atoms with Crippen LogP contribution in [-0.2, 0) is 4.79 Å². The van der Waals surface area contributed by atoms with E-state index in [0.717, 1.165) is 26.1 Å². The molecular weight excluding hydrogens is 261 g/mol. The fraction of sp³-hybridized carbons (Fsp3) is 0.533. The third-order valence-electron chi connectivity index (χ3n) is 3.90. The summed E-state index contributed by atoms with van der Waals surface area (Å²) in [6.07, 6.45) is 0.853. The van der Waals surface area contributed by atoms with Crippen LogP contribution in [0.3, 0.4) is 0 Å². The van der Waals surface area contributed by atoms with Crippen molar-refractivity contribution in [3.05, 3.63) is 30.1 Å². The molecule has 2 atom stereocenters. The quantitative estimate of drug-likeness (QED) is 0.869. The maximum absolute atomic E-state index is 13.5. The van der Waals surface area contributed by atoms with Gasteiger partial charge in [0.05, 0.1) is 5.92 Å². The molecule has 2 rings (SSSR count). The van der Waals surface area contributed by atoms with Crippen LogP contribution in [0.5, 0.6) is 5.75 Å². The molecule has 1 heterocycles. The molecule has 110 valence electrons. The average Bonchev–Trinajstić information content (AvgIpc) is 2.89. The second-order valence-corrected chi connectivity index (χ2v) is 5.13. The number of nitrogens with zero attached hydrogens (tertiary/aromatic N) is 1. The lowest BCUT2D eigenvalue weighted by molar-refractivity contribution is -0.144. The molecule has 0 bridgehead atoms. The van der Waals surface area contributed by atoms with E-state index in [-0.39, 0.29) is 18.3 Å². The van der Waals surface area contributed by atoms with Gasteiger partial charge < -0.3 is 14.7 Å². The van der Waals surface area contributed by atoms with Gasteiger partial charge in [-0.25, -0.2) is 4.39 Å². The summed E-state index contributed by atoms with van der Waals surface area (Å²) in [5.74, 6) is -1.74. The molecule has 1 aliphatic heterocycles. The van der Waals surface area contributed by atoms with Crippen molar-refractivity contribution in [1.82, 2.24) is 4.90 Å². The second-order valence-electron chi connectivity index (χ2n) is 5.13. The summed E-state index contributed by atoms with van der Waals surface area (Å²) >= 11 is 0. The number of halogens is 1. The Hall–Kier alpha value is -1.62. The van der Waals surface area contributed by atoms with Gasteiger partial charge in [0.25, 0.3) is 0 Å². The van der Waals surface area contributed by atoms with E-state index in [2.05, 4.69) is 11.8 Å². The minimum atomic E-state index is -0.871. The molecule has 1 aromatic rings. The van der Waals surface area contributed by atoms with Crippen molar-refractivity contribution in [3.63, 3.8) is 0 Å². The first-order valence-electron chi connectivity index (χ1n) is 6.94. The Morgan fingerprint density at radius 2 is 2.30 bits per heavy atom. The van der Waals surface area contributed by atoms with Crippen molar-refractivity contribution in [2.24, 2.45) is 11.8 Å². The molecule has 0 radical (unpaired) electrons. The van der Waals surface area contributed by atoms with Crippen LogP contribution in [0.15, 0.2) is 24.3 Å². The number of ether oxygens (including phenoxy) is 1. The van der Waals surface area contributed by atoms with Gasteiger partial charge in [0.1, 0.15) is 6.61 Å². The van der Waals surface area contributed by atoms with E-state index < -0.39 is 17.7 Å². The molecule has 1 aliphatic rings. The number of carbonyl (C=O) groups is 1. The Morgan fingerprint density at radius 3 is 2.90 bits per heavy atom. The summed E-state index contributed by atoms with van der Waals surface area (Å²) in [6.45, 7) is 4.70. The zero-order valence-corrected chi connectivity index (χ0v) is 11.6. The van der Waals surface area contributed by atoms with Crippen LogP contribution in [0.1, 0.15) is 13.3 Å². The Kier molecular flexibility index (Phi) is 4.95. The van der Waals surface area contributed by atoms with Gasteiger partial charge >= 0.3 is 5.97 Å². The standard InChI is InChI=1S/C15H20FNO3/c1-2-17-8-7-11(9-17)12(15(18)19)10-20-14-6-4-3-5-13(14)16/h3-6,11-12H,2,7-10H2,1H3,(H,18,19). The van der Waals surface area contributed by atoms with Crippen LogP contribution in [0.2, 0.25) is 0 Å². The number of carboxylic acid groups (broad SMARTS) is 1. The average molecular weight is 281 g/mol. The largest absolute Gasteiger partial charge is 0.490 e. The molecule has 0 amide bonds. The van der Waals surface area contributed by atoms with Crippen LogP contribution in [-0.4, -0.2) is 42.2 Å². The van der Waals surface area contributed by atoms with E-state index in [1.54, 1.807) is 12.1 Å². The minimum absolute atomic E-state index is 0.0124. The summed E-state index contributed by atoms with van der Waals surface area (Å²) in [4.78, 5) is 13.6. The number of hydrogen-bond donors (Lipinski definition) is 1. The molecule has 0 saturated carbocycles.